The van der Waals surface area contributed by atoms with Crippen molar-refractivity contribution in [1.82, 2.24) is 4.90 Å². The molecule has 5 nitrogen and oxygen atoms in total. The van der Waals surface area contributed by atoms with Gasteiger partial charge in [-0.3, -0.25) is 14.5 Å². The highest BCUT2D eigenvalue weighted by molar-refractivity contribution is 5.80. The molecule has 5 heteroatoms. The van der Waals surface area contributed by atoms with Gasteiger partial charge in [-0.2, -0.15) is 0 Å². The summed E-state index contributed by atoms with van der Waals surface area (Å²) in [6.07, 6.45) is 3.27. The monoisotopic (exact) mass is 437 g/mol. The normalized spacial score (nSPS) is 18.1. The van der Waals surface area contributed by atoms with Crippen LogP contribution in [0.1, 0.15) is 57.1 Å². The lowest BCUT2D eigenvalue weighted by molar-refractivity contribution is -0.164. The van der Waals surface area contributed by atoms with Gasteiger partial charge in [0.15, 0.2) is 0 Å². The number of hydrogen-bond donors (Lipinski definition) is 1. The summed E-state index contributed by atoms with van der Waals surface area (Å²) in [6, 6.07) is 20.1. The van der Waals surface area contributed by atoms with Crippen LogP contribution in [0.15, 0.2) is 60.7 Å². The molecule has 1 aliphatic carbocycles. The molecule has 0 spiro atoms. The second-order valence-corrected chi connectivity index (χ2v) is 9.43. The number of rotatable bonds is 10. The van der Waals surface area contributed by atoms with E-state index in [0.717, 1.165) is 24.0 Å². The van der Waals surface area contributed by atoms with E-state index < -0.39 is 16.8 Å². The summed E-state index contributed by atoms with van der Waals surface area (Å²) < 4.78 is 5.26. The van der Waals surface area contributed by atoms with E-state index in [-0.39, 0.29) is 18.4 Å². The first-order valence-corrected chi connectivity index (χ1v) is 11.4. The Morgan fingerprint density at radius 1 is 1.00 bits per heavy atom. The van der Waals surface area contributed by atoms with E-state index in [4.69, 9.17) is 4.74 Å². The predicted molar refractivity (Wildman–Crippen MR) is 125 cm³/mol. The first-order chi connectivity index (χ1) is 15.3. The molecule has 0 bridgehead atoms. The average Bonchev–Trinajstić information content (AvgIpc) is 3.28. The highest BCUT2D eigenvalue weighted by Crippen LogP contribution is 2.49. The van der Waals surface area contributed by atoms with Gasteiger partial charge in [-0.05, 0) is 44.2 Å². The van der Waals surface area contributed by atoms with Crippen LogP contribution >= 0.6 is 0 Å². The molecule has 32 heavy (non-hydrogen) atoms. The summed E-state index contributed by atoms with van der Waals surface area (Å²) >= 11 is 0. The van der Waals surface area contributed by atoms with Gasteiger partial charge in [0, 0.05) is 19.1 Å². The molecule has 3 rings (SSSR count). The molecule has 0 saturated heterocycles. The number of aliphatic carboxylic acids is 1. The van der Waals surface area contributed by atoms with E-state index in [2.05, 4.69) is 29.2 Å². The third-order valence-electron chi connectivity index (χ3n) is 7.30. The molecule has 0 unspecified atom stereocenters. The number of carbonyl (C=O) groups is 2. The molecule has 0 aromatic heterocycles. The summed E-state index contributed by atoms with van der Waals surface area (Å²) in [5.41, 5.74) is 0.469. The smallest absolute Gasteiger partial charge is 0.313 e. The van der Waals surface area contributed by atoms with Gasteiger partial charge in [-0.25, -0.2) is 0 Å². The van der Waals surface area contributed by atoms with Crippen LogP contribution in [0.25, 0.3) is 0 Å². The largest absolute Gasteiger partial charge is 0.481 e. The van der Waals surface area contributed by atoms with Gasteiger partial charge in [0.05, 0.1) is 17.9 Å². The zero-order chi connectivity index (χ0) is 23.2. The summed E-state index contributed by atoms with van der Waals surface area (Å²) in [5.74, 6) is -1.14. The highest BCUT2D eigenvalue weighted by atomic mass is 16.5. The topological polar surface area (TPSA) is 66.8 Å². The number of ether oxygens (including phenoxy) is 1. The first kappa shape index (κ1) is 24.0. The van der Waals surface area contributed by atoms with Gasteiger partial charge < -0.3 is 9.84 Å². The summed E-state index contributed by atoms with van der Waals surface area (Å²) in [5, 5.41) is 10.1. The van der Waals surface area contributed by atoms with Crippen molar-refractivity contribution in [2.24, 2.45) is 10.8 Å². The molecule has 1 N–H and O–H groups in total. The Kier molecular flexibility index (Phi) is 7.73. The molecule has 1 aliphatic rings. The van der Waals surface area contributed by atoms with Crippen molar-refractivity contribution >= 4 is 11.9 Å². The summed E-state index contributed by atoms with van der Waals surface area (Å²) in [6.45, 7) is 5.23. The molecule has 2 atom stereocenters. The van der Waals surface area contributed by atoms with Gasteiger partial charge in [-0.15, -0.1) is 0 Å². The van der Waals surface area contributed by atoms with E-state index in [1.165, 1.54) is 7.11 Å². The summed E-state index contributed by atoms with van der Waals surface area (Å²) in [4.78, 5) is 27.8. The maximum atomic E-state index is 13.2. The van der Waals surface area contributed by atoms with Crippen LogP contribution in [0.2, 0.25) is 0 Å². The van der Waals surface area contributed by atoms with E-state index in [0.29, 0.717) is 25.9 Å². The van der Waals surface area contributed by atoms with Crippen molar-refractivity contribution < 1.29 is 19.4 Å². The van der Waals surface area contributed by atoms with Gasteiger partial charge in [0.2, 0.25) is 0 Å². The lowest BCUT2D eigenvalue weighted by atomic mass is 9.67. The Balaban J connectivity index is 1.97. The lowest BCUT2D eigenvalue weighted by Crippen LogP contribution is -2.52. The molecule has 172 valence electrons. The number of carboxylic acid groups (broad SMARTS) is 1. The van der Waals surface area contributed by atoms with Crippen LogP contribution < -0.4 is 0 Å². The first-order valence-electron chi connectivity index (χ1n) is 11.4. The standard InChI is InChI=1S/C27H35NO4/c1-21(26(2,25(31)32-3)20-27(24(29)30)16-10-11-17-27)28(18-22-12-6-4-7-13-22)19-23-14-8-5-9-15-23/h4-9,12-15,21H,10-11,16-20H2,1-3H3,(H,29,30)/t21-,26-/m0/s1. The third kappa shape index (κ3) is 5.21. The quantitative estimate of drug-likeness (QED) is 0.512. The fraction of sp³-hybridized carbons (Fsp3) is 0.481. The van der Waals surface area contributed by atoms with Gasteiger partial charge in [-0.1, -0.05) is 73.5 Å². The van der Waals surface area contributed by atoms with Gasteiger partial charge in [0.1, 0.15) is 0 Å². The predicted octanol–water partition coefficient (Wildman–Crippen LogP) is 5.29. The number of hydrogen-bond acceptors (Lipinski definition) is 4. The van der Waals surface area contributed by atoms with Crippen molar-refractivity contribution in [3.63, 3.8) is 0 Å². The molecule has 0 heterocycles. The molecule has 1 fully saturated rings. The van der Waals surface area contributed by atoms with Crippen LogP contribution in [-0.4, -0.2) is 35.1 Å². The number of benzene rings is 2. The fourth-order valence-electron chi connectivity index (χ4n) is 5.21. The maximum absolute atomic E-state index is 13.2. The minimum absolute atomic E-state index is 0.229. The Morgan fingerprint density at radius 3 is 1.88 bits per heavy atom. The minimum atomic E-state index is -0.957. The molecule has 0 radical (unpaired) electrons. The third-order valence-corrected chi connectivity index (χ3v) is 7.30. The molecule has 2 aromatic rings. The molecule has 1 saturated carbocycles. The van der Waals surface area contributed by atoms with Gasteiger partial charge in [0.25, 0.3) is 0 Å². The zero-order valence-corrected chi connectivity index (χ0v) is 19.4. The lowest BCUT2D eigenvalue weighted by Gasteiger charge is -2.44. The molecule has 2 aromatic carbocycles. The van der Waals surface area contributed by atoms with E-state index >= 15 is 0 Å². The van der Waals surface area contributed by atoms with Crippen molar-refractivity contribution in [1.29, 1.82) is 0 Å². The van der Waals surface area contributed by atoms with Crippen LogP contribution in [-0.2, 0) is 27.4 Å². The second kappa shape index (κ2) is 10.3. The minimum Gasteiger partial charge on any atom is -0.481 e. The second-order valence-electron chi connectivity index (χ2n) is 9.43. The van der Waals surface area contributed by atoms with E-state index in [9.17, 15) is 14.7 Å². The Labute approximate surface area is 191 Å². The van der Waals surface area contributed by atoms with Crippen molar-refractivity contribution in [3.8, 4) is 0 Å². The number of carboxylic acids is 1. The van der Waals surface area contributed by atoms with Gasteiger partial charge >= 0.3 is 11.9 Å². The van der Waals surface area contributed by atoms with Crippen molar-refractivity contribution in [2.45, 2.75) is 65.1 Å². The molecule has 0 amide bonds. The number of nitrogens with zero attached hydrogens (tertiary/aromatic N) is 1. The fourth-order valence-corrected chi connectivity index (χ4v) is 5.21. The summed E-state index contributed by atoms with van der Waals surface area (Å²) in [7, 11) is 1.40. The Bertz CT molecular complexity index is 851. The van der Waals surface area contributed by atoms with Crippen LogP contribution in [0.3, 0.4) is 0 Å². The zero-order valence-electron chi connectivity index (χ0n) is 19.4. The van der Waals surface area contributed by atoms with Crippen LogP contribution in [0, 0.1) is 10.8 Å². The van der Waals surface area contributed by atoms with Crippen molar-refractivity contribution in [3.05, 3.63) is 71.8 Å². The maximum Gasteiger partial charge on any atom is 0.313 e. The SMILES string of the molecule is COC(=O)[C@@](C)(CC1(C(=O)O)CCCC1)[C@H](C)N(Cc1ccccc1)Cc1ccccc1. The molecule has 0 aliphatic heterocycles. The number of methoxy groups -OCH3 is 1. The van der Waals surface area contributed by atoms with Crippen molar-refractivity contribution in [2.75, 3.05) is 7.11 Å². The van der Waals surface area contributed by atoms with Crippen LogP contribution in [0.4, 0.5) is 0 Å². The number of carbonyl (C=O) groups excluding carboxylic acids is 1. The Hall–Kier alpha value is -2.66. The van der Waals surface area contributed by atoms with E-state index in [1.54, 1.807) is 0 Å². The average molecular weight is 438 g/mol. The number of esters is 1. The Morgan fingerprint density at radius 2 is 1.47 bits per heavy atom. The molecular weight excluding hydrogens is 402 g/mol. The molecular formula is C27H35NO4. The highest BCUT2D eigenvalue weighted by Gasteiger charge is 2.52. The van der Waals surface area contributed by atoms with E-state index in [1.807, 2.05) is 50.2 Å². The van der Waals surface area contributed by atoms with Crippen LogP contribution in [0.5, 0.6) is 0 Å².